The molecule has 0 N–H and O–H groups in total. The average Bonchev–Trinajstić information content (AvgIpc) is 2.96. The maximum atomic E-state index is 13.8. The van der Waals surface area contributed by atoms with Gasteiger partial charge in [-0.2, -0.15) is 0 Å². The van der Waals surface area contributed by atoms with Gasteiger partial charge in [0.05, 0.1) is 22.9 Å². The molecule has 0 aliphatic heterocycles. The molecule has 3 rings (SSSR count). The SMILES string of the molecule is CCOC(=O)C(=C=C(CCS(=O)(=O)c1ccccc1)c1ccccc1)N(c1ccc(Cl)cc1)P(=O)(OC)OC. The van der Waals surface area contributed by atoms with Gasteiger partial charge >= 0.3 is 13.7 Å². The fourth-order valence-electron chi connectivity index (χ4n) is 3.65. The predicted molar refractivity (Wildman–Crippen MR) is 152 cm³/mol. The van der Waals surface area contributed by atoms with Crippen molar-refractivity contribution in [2.45, 2.75) is 18.2 Å². The highest BCUT2D eigenvalue weighted by atomic mass is 35.5. The van der Waals surface area contributed by atoms with Gasteiger partial charge < -0.3 is 4.74 Å². The van der Waals surface area contributed by atoms with Crippen molar-refractivity contribution in [3.05, 3.63) is 107 Å². The van der Waals surface area contributed by atoms with E-state index in [2.05, 4.69) is 5.73 Å². The molecule has 0 saturated carbocycles. The lowest BCUT2D eigenvalue weighted by molar-refractivity contribution is -0.138. The van der Waals surface area contributed by atoms with Gasteiger partial charge in [0.15, 0.2) is 15.5 Å². The van der Waals surface area contributed by atoms with E-state index in [1.165, 1.54) is 38.5 Å². The molecule has 8 nitrogen and oxygen atoms in total. The molecule has 0 unspecified atom stereocenters. The summed E-state index contributed by atoms with van der Waals surface area (Å²) >= 11 is 6.06. The second-order valence-corrected chi connectivity index (χ2v) is 12.7. The minimum Gasteiger partial charge on any atom is -0.461 e. The monoisotopic (exact) mass is 589 g/mol. The van der Waals surface area contributed by atoms with Crippen LogP contribution in [0, 0.1) is 0 Å². The Morgan fingerprint density at radius 2 is 1.49 bits per heavy atom. The molecule has 0 amide bonds. The van der Waals surface area contributed by atoms with Crippen molar-refractivity contribution >= 4 is 46.4 Å². The van der Waals surface area contributed by atoms with E-state index < -0.39 is 23.6 Å². The maximum absolute atomic E-state index is 13.8. The van der Waals surface area contributed by atoms with Crippen molar-refractivity contribution in [3.63, 3.8) is 0 Å². The number of esters is 1. The zero-order valence-corrected chi connectivity index (χ0v) is 24.2. The Hall–Kier alpha value is -3.16. The summed E-state index contributed by atoms with van der Waals surface area (Å²) in [5.41, 5.74) is 3.97. The number of carbonyl (C=O) groups excluding carboxylic acids is 1. The summed E-state index contributed by atoms with van der Waals surface area (Å²) in [6, 6.07) is 23.1. The van der Waals surface area contributed by atoms with Crippen LogP contribution in [0.1, 0.15) is 18.9 Å². The second-order valence-electron chi connectivity index (χ2n) is 8.04. The molecule has 0 radical (unpaired) electrons. The zero-order chi connectivity index (χ0) is 28.5. The van der Waals surface area contributed by atoms with E-state index >= 15 is 0 Å². The molecule has 0 aliphatic rings. The molecule has 0 atom stereocenters. The zero-order valence-electron chi connectivity index (χ0n) is 21.7. The molecular formula is C28H29ClNO7PS. The first-order valence-electron chi connectivity index (χ1n) is 11.9. The van der Waals surface area contributed by atoms with Crippen LogP contribution < -0.4 is 4.67 Å². The third-order valence-electron chi connectivity index (χ3n) is 5.57. The normalized spacial score (nSPS) is 11.4. The Morgan fingerprint density at radius 3 is 2.03 bits per heavy atom. The number of hydrogen-bond acceptors (Lipinski definition) is 7. The van der Waals surface area contributed by atoms with Crippen LogP contribution in [0.4, 0.5) is 5.69 Å². The van der Waals surface area contributed by atoms with E-state index in [4.69, 9.17) is 25.4 Å². The largest absolute Gasteiger partial charge is 0.461 e. The molecule has 0 heterocycles. The highest BCUT2D eigenvalue weighted by molar-refractivity contribution is 7.91. The van der Waals surface area contributed by atoms with Crippen molar-refractivity contribution in [3.8, 4) is 0 Å². The second kappa shape index (κ2) is 13.8. The molecular weight excluding hydrogens is 561 g/mol. The number of benzene rings is 3. The summed E-state index contributed by atoms with van der Waals surface area (Å²) in [6.07, 6.45) is -0.0110. The van der Waals surface area contributed by atoms with Gasteiger partial charge in [-0.25, -0.2) is 22.4 Å². The molecule has 3 aromatic carbocycles. The van der Waals surface area contributed by atoms with Crippen molar-refractivity contribution in [2.75, 3.05) is 31.2 Å². The first-order valence-corrected chi connectivity index (χ1v) is 15.5. The molecule has 0 aromatic heterocycles. The third kappa shape index (κ3) is 7.70. The number of rotatable bonds is 12. The molecule has 0 aliphatic carbocycles. The van der Waals surface area contributed by atoms with E-state index in [1.807, 2.05) is 6.07 Å². The van der Waals surface area contributed by atoms with Gasteiger partial charge in [0.25, 0.3) is 0 Å². The van der Waals surface area contributed by atoms with Crippen LogP contribution >= 0.6 is 19.3 Å². The Labute approximate surface area is 234 Å². The molecule has 0 fully saturated rings. The number of anilines is 1. The molecule has 206 valence electrons. The van der Waals surface area contributed by atoms with Crippen molar-refractivity contribution in [1.29, 1.82) is 0 Å². The summed E-state index contributed by atoms with van der Waals surface area (Å²) in [7, 11) is -5.44. The summed E-state index contributed by atoms with van der Waals surface area (Å²) in [5, 5.41) is 0.414. The first kappa shape index (κ1) is 30.4. The van der Waals surface area contributed by atoms with E-state index in [1.54, 1.807) is 61.5 Å². The fourth-order valence-corrected chi connectivity index (χ4v) is 6.32. The molecule has 3 aromatic rings. The average molecular weight is 590 g/mol. The summed E-state index contributed by atoms with van der Waals surface area (Å²) in [4.78, 5) is 13.5. The quantitative estimate of drug-likeness (QED) is 0.102. The standard InChI is InChI=1S/C28H29ClNO7PS/c1-4-37-28(31)27(30(38(32,35-2)36-3)25-17-15-24(29)16-18-25)21-23(22-11-7-5-8-12-22)19-20-39(33,34)26-13-9-6-10-14-26/h5-18H,4,19-20H2,1-3H3. The van der Waals surface area contributed by atoms with Crippen LogP contribution in [-0.4, -0.2) is 41.0 Å². The topological polar surface area (TPSA) is 99.2 Å². The van der Waals surface area contributed by atoms with E-state index in [0.717, 1.165) is 4.67 Å². The Bertz CT molecular complexity index is 1480. The van der Waals surface area contributed by atoms with Gasteiger partial charge in [-0.15, -0.1) is 0 Å². The summed E-state index contributed by atoms with van der Waals surface area (Å²) in [6.45, 7) is 1.65. The van der Waals surface area contributed by atoms with E-state index in [-0.39, 0.29) is 35.1 Å². The lowest BCUT2D eigenvalue weighted by Gasteiger charge is -2.30. The molecule has 0 spiro atoms. The minimum absolute atomic E-state index is 0.0110. The Morgan fingerprint density at radius 1 is 0.923 bits per heavy atom. The van der Waals surface area contributed by atoms with Gasteiger partial charge in [-0.3, -0.25) is 9.05 Å². The molecule has 39 heavy (non-hydrogen) atoms. The highest BCUT2D eigenvalue weighted by Gasteiger charge is 2.38. The third-order valence-corrected chi connectivity index (χ3v) is 9.40. The Kier molecular flexibility index (Phi) is 10.7. The van der Waals surface area contributed by atoms with Crippen molar-refractivity contribution in [2.24, 2.45) is 0 Å². The van der Waals surface area contributed by atoms with Crippen LogP contribution in [0.5, 0.6) is 0 Å². The van der Waals surface area contributed by atoms with Crippen LogP contribution in [0.2, 0.25) is 5.02 Å². The van der Waals surface area contributed by atoms with Crippen LogP contribution in [0.15, 0.2) is 101 Å². The number of nitrogens with zero attached hydrogens (tertiary/aromatic N) is 1. The van der Waals surface area contributed by atoms with Crippen LogP contribution in [0.3, 0.4) is 0 Å². The van der Waals surface area contributed by atoms with Crippen LogP contribution in [0.25, 0.3) is 5.57 Å². The van der Waals surface area contributed by atoms with E-state index in [9.17, 15) is 17.8 Å². The number of sulfone groups is 1. The number of ether oxygens (including phenoxy) is 1. The van der Waals surface area contributed by atoms with Crippen LogP contribution in [-0.2, 0) is 33.0 Å². The predicted octanol–water partition coefficient (Wildman–Crippen LogP) is 6.54. The van der Waals surface area contributed by atoms with Gasteiger partial charge in [0.2, 0.25) is 0 Å². The maximum Gasteiger partial charge on any atom is 0.439 e. The van der Waals surface area contributed by atoms with Gasteiger partial charge in [0.1, 0.15) is 0 Å². The number of hydrogen-bond donors (Lipinski definition) is 0. The lowest BCUT2D eigenvalue weighted by atomic mass is 10.0. The molecule has 0 bridgehead atoms. The van der Waals surface area contributed by atoms with Gasteiger partial charge in [0, 0.05) is 24.8 Å². The van der Waals surface area contributed by atoms with Crippen molar-refractivity contribution < 1.29 is 31.6 Å². The van der Waals surface area contributed by atoms with E-state index in [0.29, 0.717) is 16.2 Å². The van der Waals surface area contributed by atoms with Crippen molar-refractivity contribution in [1.82, 2.24) is 0 Å². The molecule has 0 saturated heterocycles. The number of carbonyl (C=O) groups is 1. The summed E-state index contributed by atoms with van der Waals surface area (Å²) in [5.74, 6) is -1.13. The van der Waals surface area contributed by atoms with Gasteiger partial charge in [-0.05, 0) is 55.3 Å². The van der Waals surface area contributed by atoms with Gasteiger partial charge in [-0.1, -0.05) is 65.9 Å². The first-order chi connectivity index (χ1) is 18.6. The fraction of sp³-hybridized carbons (Fsp3) is 0.214. The minimum atomic E-state index is -4.15. The number of halogens is 1. The summed E-state index contributed by atoms with van der Waals surface area (Å²) < 4.78 is 56.8. The Balaban J connectivity index is 2.29. The molecule has 11 heteroatoms. The smallest absolute Gasteiger partial charge is 0.439 e. The lowest BCUT2D eigenvalue weighted by Crippen LogP contribution is -2.27. The highest BCUT2D eigenvalue weighted by Crippen LogP contribution is 2.55.